The molecule has 0 aliphatic rings. The summed E-state index contributed by atoms with van der Waals surface area (Å²) in [6.07, 6.45) is 3.13. The van der Waals surface area contributed by atoms with E-state index < -0.39 is 0 Å². The first-order chi connectivity index (χ1) is 9.58. The number of aryl methyl sites for hydroxylation is 1. The first-order valence-corrected chi connectivity index (χ1v) is 7.36. The number of amides is 2. The van der Waals surface area contributed by atoms with Crippen molar-refractivity contribution in [1.29, 1.82) is 0 Å². The largest absolute Gasteiger partial charge is 0.385 e. The lowest BCUT2D eigenvalue weighted by atomic mass is 10.4. The second-order valence-corrected chi connectivity index (χ2v) is 5.44. The molecule has 0 spiro atoms. The summed E-state index contributed by atoms with van der Waals surface area (Å²) >= 11 is 1.37. The van der Waals surface area contributed by atoms with E-state index in [0.717, 1.165) is 17.8 Å². The third-order valence-corrected chi connectivity index (χ3v) is 3.77. The van der Waals surface area contributed by atoms with Gasteiger partial charge in [0.1, 0.15) is 4.88 Å². The SMILES string of the molecule is CCc1ncc(C(=O)N(C)CC(=O)NCCCOC)s1. The van der Waals surface area contributed by atoms with Crippen molar-refractivity contribution < 1.29 is 14.3 Å². The lowest BCUT2D eigenvalue weighted by Gasteiger charge is -2.15. The number of hydrogen-bond donors (Lipinski definition) is 1. The fourth-order valence-corrected chi connectivity index (χ4v) is 2.40. The summed E-state index contributed by atoms with van der Waals surface area (Å²) in [6, 6.07) is 0. The smallest absolute Gasteiger partial charge is 0.265 e. The number of carbonyl (C=O) groups excluding carboxylic acids is 2. The molecule has 0 aromatic carbocycles. The van der Waals surface area contributed by atoms with E-state index >= 15 is 0 Å². The minimum Gasteiger partial charge on any atom is -0.385 e. The van der Waals surface area contributed by atoms with Crippen LogP contribution in [0.15, 0.2) is 6.20 Å². The number of rotatable bonds is 8. The molecule has 0 saturated heterocycles. The molecule has 0 radical (unpaired) electrons. The van der Waals surface area contributed by atoms with Gasteiger partial charge < -0.3 is 15.0 Å². The quantitative estimate of drug-likeness (QED) is 0.725. The first-order valence-electron chi connectivity index (χ1n) is 6.54. The van der Waals surface area contributed by atoms with Gasteiger partial charge in [-0.15, -0.1) is 11.3 Å². The Morgan fingerprint density at radius 3 is 2.85 bits per heavy atom. The summed E-state index contributed by atoms with van der Waals surface area (Å²) in [6.45, 7) is 3.19. The molecule has 1 heterocycles. The van der Waals surface area contributed by atoms with E-state index in [0.29, 0.717) is 18.0 Å². The van der Waals surface area contributed by atoms with Gasteiger partial charge in [-0.1, -0.05) is 6.92 Å². The van der Waals surface area contributed by atoms with E-state index in [1.165, 1.54) is 16.2 Å². The molecule has 7 heteroatoms. The zero-order valence-electron chi connectivity index (χ0n) is 12.1. The van der Waals surface area contributed by atoms with Crippen molar-refractivity contribution in [3.8, 4) is 0 Å². The maximum Gasteiger partial charge on any atom is 0.265 e. The van der Waals surface area contributed by atoms with Crippen molar-refractivity contribution >= 4 is 23.2 Å². The summed E-state index contributed by atoms with van der Waals surface area (Å²) in [7, 11) is 3.23. The Hall–Kier alpha value is -1.47. The highest BCUT2D eigenvalue weighted by molar-refractivity contribution is 7.13. The van der Waals surface area contributed by atoms with E-state index in [1.54, 1.807) is 20.4 Å². The topological polar surface area (TPSA) is 71.5 Å². The van der Waals surface area contributed by atoms with Crippen LogP contribution in [0.3, 0.4) is 0 Å². The number of hydrogen-bond acceptors (Lipinski definition) is 5. The number of aromatic nitrogens is 1. The molecule has 1 rings (SSSR count). The molecule has 0 aliphatic heterocycles. The predicted molar refractivity (Wildman–Crippen MR) is 78.0 cm³/mol. The Bertz CT molecular complexity index is 448. The molecular weight excluding hydrogens is 278 g/mol. The lowest BCUT2D eigenvalue weighted by molar-refractivity contribution is -0.121. The molecule has 0 fully saturated rings. The van der Waals surface area contributed by atoms with Crippen molar-refractivity contribution in [2.45, 2.75) is 19.8 Å². The minimum atomic E-state index is -0.172. The van der Waals surface area contributed by atoms with Crippen LogP contribution in [-0.4, -0.2) is 55.6 Å². The van der Waals surface area contributed by atoms with E-state index in [9.17, 15) is 9.59 Å². The molecule has 1 aromatic rings. The van der Waals surface area contributed by atoms with Crippen molar-refractivity contribution in [1.82, 2.24) is 15.2 Å². The lowest BCUT2D eigenvalue weighted by Crippen LogP contribution is -2.38. The molecule has 0 unspecified atom stereocenters. The van der Waals surface area contributed by atoms with Crippen molar-refractivity contribution in [2.75, 3.05) is 33.9 Å². The Morgan fingerprint density at radius 2 is 2.25 bits per heavy atom. The maximum atomic E-state index is 12.1. The Balaban J connectivity index is 2.39. The number of methoxy groups -OCH3 is 1. The summed E-state index contributed by atoms with van der Waals surface area (Å²) in [5, 5.41) is 3.67. The number of nitrogens with zero attached hydrogens (tertiary/aromatic N) is 2. The maximum absolute atomic E-state index is 12.1. The average Bonchev–Trinajstić information content (AvgIpc) is 2.91. The van der Waals surface area contributed by atoms with Gasteiger partial charge >= 0.3 is 0 Å². The number of nitrogens with one attached hydrogen (secondary N) is 1. The van der Waals surface area contributed by atoms with Gasteiger partial charge in [0.25, 0.3) is 5.91 Å². The standard InChI is InChI=1S/C13H21N3O3S/c1-4-12-15-8-10(20-12)13(18)16(2)9-11(17)14-6-5-7-19-3/h8H,4-7,9H2,1-3H3,(H,14,17). The Morgan fingerprint density at radius 1 is 1.50 bits per heavy atom. The van der Waals surface area contributed by atoms with Crippen molar-refractivity contribution in [3.05, 3.63) is 16.1 Å². The summed E-state index contributed by atoms with van der Waals surface area (Å²) < 4.78 is 4.89. The van der Waals surface area contributed by atoms with E-state index in [2.05, 4.69) is 10.3 Å². The highest BCUT2D eigenvalue weighted by Gasteiger charge is 2.17. The van der Waals surface area contributed by atoms with Crippen molar-refractivity contribution in [2.24, 2.45) is 0 Å². The van der Waals surface area contributed by atoms with Crippen LogP contribution < -0.4 is 5.32 Å². The van der Waals surface area contributed by atoms with Crippen LogP contribution in [0.2, 0.25) is 0 Å². The molecule has 0 bridgehead atoms. The van der Waals surface area contributed by atoms with Crippen LogP contribution in [0.25, 0.3) is 0 Å². The van der Waals surface area contributed by atoms with Crippen molar-refractivity contribution in [3.63, 3.8) is 0 Å². The van der Waals surface area contributed by atoms with Crippen LogP contribution in [0.5, 0.6) is 0 Å². The number of ether oxygens (including phenoxy) is 1. The van der Waals surface area contributed by atoms with Gasteiger partial charge in [0.2, 0.25) is 5.91 Å². The zero-order chi connectivity index (χ0) is 15.0. The molecule has 1 N–H and O–H groups in total. The average molecular weight is 299 g/mol. The summed E-state index contributed by atoms with van der Waals surface area (Å²) in [5.41, 5.74) is 0. The molecule has 0 atom stereocenters. The summed E-state index contributed by atoms with van der Waals surface area (Å²) in [5.74, 6) is -0.341. The number of thiazole rings is 1. The second-order valence-electron chi connectivity index (χ2n) is 4.33. The summed E-state index contributed by atoms with van der Waals surface area (Å²) in [4.78, 5) is 29.8. The van der Waals surface area contributed by atoms with Crippen LogP contribution in [0.4, 0.5) is 0 Å². The highest BCUT2D eigenvalue weighted by Crippen LogP contribution is 2.14. The highest BCUT2D eigenvalue weighted by atomic mass is 32.1. The normalized spacial score (nSPS) is 10.3. The van der Waals surface area contributed by atoms with Gasteiger partial charge in [-0.3, -0.25) is 9.59 Å². The second kappa shape index (κ2) is 8.65. The molecule has 1 aromatic heterocycles. The van der Waals surface area contributed by atoms with Crippen LogP contribution in [-0.2, 0) is 16.0 Å². The molecular formula is C13H21N3O3S. The third-order valence-electron chi connectivity index (χ3n) is 2.64. The minimum absolute atomic E-state index is 0.0468. The molecule has 20 heavy (non-hydrogen) atoms. The van der Waals surface area contributed by atoms with Gasteiger partial charge in [-0.2, -0.15) is 0 Å². The van der Waals surface area contributed by atoms with Gasteiger partial charge in [0, 0.05) is 27.3 Å². The fourth-order valence-electron chi connectivity index (χ4n) is 1.55. The van der Waals surface area contributed by atoms with Gasteiger partial charge in [0.05, 0.1) is 17.7 Å². The third kappa shape index (κ3) is 5.26. The van der Waals surface area contributed by atoms with Gasteiger partial charge in [0.15, 0.2) is 0 Å². The molecule has 0 aliphatic carbocycles. The van der Waals surface area contributed by atoms with E-state index in [-0.39, 0.29) is 18.4 Å². The van der Waals surface area contributed by atoms with Gasteiger partial charge in [-0.25, -0.2) is 4.98 Å². The molecule has 112 valence electrons. The predicted octanol–water partition coefficient (Wildman–Crippen LogP) is 0.930. The van der Waals surface area contributed by atoms with Crippen LogP contribution >= 0.6 is 11.3 Å². The number of carbonyl (C=O) groups is 2. The monoisotopic (exact) mass is 299 g/mol. The molecule has 0 saturated carbocycles. The fraction of sp³-hybridized carbons (Fsp3) is 0.615. The van der Waals surface area contributed by atoms with Gasteiger partial charge in [-0.05, 0) is 12.8 Å². The first kappa shape index (κ1) is 16.6. The van der Waals surface area contributed by atoms with E-state index in [4.69, 9.17) is 4.74 Å². The zero-order valence-corrected chi connectivity index (χ0v) is 13.0. The van der Waals surface area contributed by atoms with Crippen LogP contribution in [0.1, 0.15) is 28.0 Å². The van der Waals surface area contributed by atoms with E-state index in [1.807, 2.05) is 6.92 Å². The Kier molecular flexibility index (Phi) is 7.17. The molecule has 2 amide bonds. The number of likely N-dealkylation sites (N-methyl/N-ethyl adjacent to an activating group) is 1. The molecule has 6 nitrogen and oxygen atoms in total. The Labute approximate surface area is 123 Å². The van der Waals surface area contributed by atoms with Crippen LogP contribution in [0, 0.1) is 0 Å².